The van der Waals surface area contributed by atoms with Crippen LogP contribution < -0.4 is 5.56 Å². The van der Waals surface area contributed by atoms with Crippen LogP contribution in [0.1, 0.15) is 0 Å². The maximum Gasteiger partial charge on any atom is 0.268 e. The summed E-state index contributed by atoms with van der Waals surface area (Å²) >= 11 is 4.31. The summed E-state index contributed by atoms with van der Waals surface area (Å²) in [6, 6.07) is 13.3. The second-order valence-corrected chi connectivity index (χ2v) is 11.3. The molecule has 0 aliphatic heterocycles. The van der Waals surface area contributed by atoms with Crippen LogP contribution in [0.5, 0.6) is 0 Å². The van der Waals surface area contributed by atoms with Crippen LogP contribution in [0, 0.1) is 0 Å². The van der Waals surface area contributed by atoms with E-state index in [9.17, 15) is 13.2 Å². The number of fused-ring (bicyclic) bond motifs is 1. The van der Waals surface area contributed by atoms with Gasteiger partial charge in [-0.15, -0.1) is 22.7 Å². The van der Waals surface area contributed by atoms with Gasteiger partial charge in [-0.2, -0.15) is 0 Å². The predicted octanol–water partition coefficient (Wildman–Crippen LogP) is 4.31. The quantitative estimate of drug-likeness (QED) is 0.325. The largest absolute Gasteiger partial charge is 0.268 e. The highest BCUT2D eigenvalue weighted by atomic mass is 32.2. The highest BCUT2D eigenvalue weighted by Crippen LogP contribution is 2.35. The van der Waals surface area contributed by atoms with Crippen LogP contribution in [0.15, 0.2) is 63.2 Å². The Kier molecular flexibility index (Phi) is 5.42. The van der Waals surface area contributed by atoms with E-state index in [1.807, 2.05) is 53.2 Å². The molecule has 0 fully saturated rings. The molecule has 28 heavy (non-hydrogen) atoms. The summed E-state index contributed by atoms with van der Waals surface area (Å²) in [6.45, 7) is 0. The summed E-state index contributed by atoms with van der Waals surface area (Å²) in [5, 5.41) is 5.05. The molecule has 0 aliphatic carbocycles. The molecule has 9 heteroatoms. The van der Waals surface area contributed by atoms with E-state index in [2.05, 4.69) is 0 Å². The lowest BCUT2D eigenvalue weighted by atomic mass is 10.2. The van der Waals surface area contributed by atoms with Crippen LogP contribution in [0.25, 0.3) is 26.3 Å². The van der Waals surface area contributed by atoms with Crippen LogP contribution in [0.4, 0.5) is 0 Å². The van der Waals surface area contributed by atoms with Crippen molar-refractivity contribution in [3.05, 3.63) is 63.6 Å². The van der Waals surface area contributed by atoms with Crippen LogP contribution >= 0.6 is 34.4 Å². The van der Waals surface area contributed by atoms with Gasteiger partial charge in [-0.05, 0) is 23.6 Å². The number of sulfone groups is 1. The van der Waals surface area contributed by atoms with E-state index in [1.165, 1.54) is 29.4 Å². The first-order valence-electron chi connectivity index (χ1n) is 8.38. The van der Waals surface area contributed by atoms with E-state index >= 15 is 0 Å². The smallest absolute Gasteiger partial charge is 0.268 e. The van der Waals surface area contributed by atoms with Crippen molar-refractivity contribution >= 4 is 54.5 Å². The molecule has 4 rings (SSSR count). The first-order valence-corrected chi connectivity index (χ1v) is 13.2. The maximum atomic E-state index is 13.5. The van der Waals surface area contributed by atoms with E-state index in [0.717, 1.165) is 10.4 Å². The van der Waals surface area contributed by atoms with Gasteiger partial charge in [0.05, 0.1) is 16.8 Å². The van der Waals surface area contributed by atoms with Crippen LogP contribution in [0.3, 0.4) is 0 Å². The third-order valence-corrected chi connectivity index (χ3v) is 7.98. The minimum absolute atomic E-state index is 0.0330. The molecule has 0 bridgehead atoms. The Balaban J connectivity index is 1.90. The molecule has 3 heterocycles. The average Bonchev–Trinajstić information content (AvgIpc) is 3.31. The molecule has 0 radical (unpaired) electrons. The van der Waals surface area contributed by atoms with Gasteiger partial charge >= 0.3 is 0 Å². The van der Waals surface area contributed by atoms with Crippen molar-refractivity contribution in [3.8, 4) is 16.1 Å². The molecule has 5 nitrogen and oxygen atoms in total. The SMILES string of the molecule is CS(=O)(=O)CCSc1nc2scc(-c3cccs3)c2c(=O)n1-c1ccccc1. The molecule has 0 spiro atoms. The van der Waals surface area contributed by atoms with Gasteiger partial charge in [0.15, 0.2) is 5.16 Å². The van der Waals surface area contributed by atoms with Crippen molar-refractivity contribution in [2.24, 2.45) is 0 Å². The first kappa shape index (κ1) is 19.4. The summed E-state index contributed by atoms with van der Waals surface area (Å²) in [4.78, 5) is 19.9. The zero-order valence-corrected chi connectivity index (χ0v) is 18.1. The topological polar surface area (TPSA) is 69.0 Å². The Morgan fingerprint density at radius 2 is 1.89 bits per heavy atom. The van der Waals surface area contributed by atoms with Crippen LogP contribution in [0.2, 0.25) is 0 Å². The van der Waals surface area contributed by atoms with Crippen molar-refractivity contribution in [2.45, 2.75) is 5.16 Å². The van der Waals surface area contributed by atoms with Crippen molar-refractivity contribution in [1.82, 2.24) is 9.55 Å². The van der Waals surface area contributed by atoms with Gasteiger partial charge in [0, 0.05) is 27.8 Å². The van der Waals surface area contributed by atoms with Crippen LogP contribution in [-0.2, 0) is 9.84 Å². The molecular formula is C19H16N2O3S4. The van der Waals surface area contributed by atoms with Gasteiger partial charge < -0.3 is 0 Å². The number of thioether (sulfide) groups is 1. The molecule has 0 N–H and O–H groups in total. The second kappa shape index (κ2) is 7.82. The highest BCUT2D eigenvalue weighted by molar-refractivity contribution is 8.00. The van der Waals surface area contributed by atoms with E-state index < -0.39 is 9.84 Å². The molecule has 0 unspecified atom stereocenters. The Labute approximate surface area is 174 Å². The summed E-state index contributed by atoms with van der Waals surface area (Å²) < 4.78 is 24.6. The number of hydrogen-bond donors (Lipinski definition) is 0. The molecule has 0 saturated carbocycles. The fraction of sp³-hybridized carbons (Fsp3) is 0.158. The standard InChI is InChI=1S/C19H16N2O3S4/c1-28(23,24)11-10-26-19-20-17-16(14(12-27-17)15-8-5-9-25-15)18(22)21(19)13-6-3-2-4-7-13/h2-9,12H,10-11H2,1H3. The van der Waals surface area contributed by atoms with E-state index in [-0.39, 0.29) is 11.3 Å². The average molecular weight is 449 g/mol. The Morgan fingerprint density at radius 1 is 1.11 bits per heavy atom. The maximum absolute atomic E-state index is 13.5. The summed E-state index contributed by atoms with van der Waals surface area (Å²) in [5.74, 6) is 0.373. The molecule has 3 aromatic heterocycles. The van der Waals surface area contributed by atoms with Crippen molar-refractivity contribution in [3.63, 3.8) is 0 Å². The van der Waals surface area contributed by atoms with Gasteiger partial charge in [-0.1, -0.05) is 36.0 Å². The lowest BCUT2D eigenvalue weighted by Gasteiger charge is -2.12. The second-order valence-electron chi connectivity index (χ2n) is 6.16. The van der Waals surface area contributed by atoms with Gasteiger partial charge in [-0.3, -0.25) is 9.36 Å². The van der Waals surface area contributed by atoms with Gasteiger partial charge in [0.2, 0.25) is 0 Å². The fourth-order valence-corrected chi connectivity index (χ4v) is 6.78. The van der Waals surface area contributed by atoms with E-state index in [4.69, 9.17) is 4.98 Å². The Bertz CT molecular complexity index is 1270. The van der Waals surface area contributed by atoms with Crippen molar-refractivity contribution in [2.75, 3.05) is 17.8 Å². The lowest BCUT2D eigenvalue weighted by molar-refractivity contribution is 0.603. The zero-order chi connectivity index (χ0) is 19.7. The van der Waals surface area contributed by atoms with E-state index in [0.29, 0.717) is 26.8 Å². The van der Waals surface area contributed by atoms with Crippen molar-refractivity contribution < 1.29 is 8.42 Å². The van der Waals surface area contributed by atoms with Gasteiger partial charge in [0.25, 0.3) is 5.56 Å². The number of nitrogens with zero attached hydrogens (tertiary/aromatic N) is 2. The predicted molar refractivity (Wildman–Crippen MR) is 119 cm³/mol. The minimum Gasteiger partial charge on any atom is -0.268 e. The number of thiophene rings is 2. The number of benzene rings is 1. The molecule has 0 amide bonds. The van der Waals surface area contributed by atoms with Crippen LogP contribution in [-0.4, -0.2) is 35.7 Å². The number of para-hydroxylation sites is 1. The molecular weight excluding hydrogens is 432 g/mol. The molecule has 0 aliphatic rings. The number of aromatic nitrogens is 2. The Hall–Kier alpha value is -1.94. The first-order chi connectivity index (χ1) is 13.4. The zero-order valence-electron chi connectivity index (χ0n) is 14.9. The van der Waals surface area contributed by atoms with Crippen molar-refractivity contribution in [1.29, 1.82) is 0 Å². The molecule has 0 saturated heterocycles. The van der Waals surface area contributed by atoms with Gasteiger partial charge in [-0.25, -0.2) is 13.4 Å². The summed E-state index contributed by atoms with van der Waals surface area (Å²) in [5.41, 5.74) is 1.47. The summed E-state index contributed by atoms with van der Waals surface area (Å²) in [7, 11) is -3.08. The summed E-state index contributed by atoms with van der Waals surface area (Å²) in [6.07, 6.45) is 1.21. The highest BCUT2D eigenvalue weighted by Gasteiger charge is 2.19. The van der Waals surface area contributed by atoms with Gasteiger partial charge in [0.1, 0.15) is 14.7 Å². The monoisotopic (exact) mass is 448 g/mol. The number of hydrogen-bond acceptors (Lipinski definition) is 7. The molecule has 1 aromatic carbocycles. The molecule has 4 aromatic rings. The Morgan fingerprint density at radius 3 is 2.57 bits per heavy atom. The number of rotatable bonds is 6. The minimum atomic E-state index is -3.08. The van der Waals surface area contributed by atoms with E-state index in [1.54, 1.807) is 15.9 Å². The third-order valence-electron chi connectivity index (χ3n) is 4.06. The lowest BCUT2D eigenvalue weighted by Crippen LogP contribution is -2.21. The molecule has 0 atom stereocenters. The normalized spacial score (nSPS) is 11.9. The molecule has 144 valence electrons. The third kappa shape index (κ3) is 3.93. The fourth-order valence-electron chi connectivity index (χ4n) is 2.77.